The molecule has 0 atom stereocenters. The van der Waals surface area contributed by atoms with E-state index in [1.54, 1.807) is 6.92 Å². The Balaban J connectivity index is 4.57. The van der Waals surface area contributed by atoms with E-state index in [0.29, 0.717) is 19.8 Å². The van der Waals surface area contributed by atoms with Gasteiger partial charge in [0.15, 0.2) is 0 Å². The van der Waals surface area contributed by atoms with Crippen LogP contribution >= 0.6 is 0 Å². The Labute approximate surface area is 103 Å². The zero-order valence-electron chi connectivity index (χ0n) is 11.4. The van der Waals surface area contributed by atoms with Crippen LogP contribution in [-0.4, -0.2) is 48.7 Å². The maximum atomic E-state index is 11.9. The molecule has 0 aromatic heterocycles. The summed E-state index contributed by atoms with van der Waals surface area (Å²) in [6.45, 7) is 10.8. The van der Waals surface area contributed by atoms with Gasteiger partial charge in [-0.25, -0.2) is 4.79 Å². The molecule has 0 rings (SSSR count). The SMILES string of the molecule is CCOCCN(C(=O)C(=O)OCC)C(C)(C)C. The van der Waals surface area contributed by atoms with E-state index in [-0.39, 0.29) is 6.61 Å². The topological polar surface area (TPSA) is 55.8 Å². The van der Waals surface area contributed by atoms with Crippen molar-refractivity contribution < 1.29 is 19.1 Å². The molecule has 0 aromatic carbocycles. The minimum absolute atomic E-state index is 0.202. The van der Waals surface area contributed by atoms with Crippen molar-refractivity contribution in [2.24, 2.45) is 0 Å². The van der Waals surface area contributed by atoms with Gasteiger partial charge in [-0.2, -0.15) is 0 Å². The molecule has 5 heteroatoms. The number of amides is 1. The third kappa shape index (κ3) is 5.68. The van der Waals surface area contributed by atoms with E-state index >= 15 is 0 Å². The number of esters is 1. The number of carbonyl (C=O) groups excluding carboxylic acids is 2. The molecule has 0 N–H and O–H groups in total. The fourth-order valence-electron chi connectivity index (χ4n) is 1.34. The van der Waals surface area contributed by atoms with Crippen molar-refractivity contribution in [2.75, 3.05) is 26.4 Å². The van der Waals surface area contributed by atoms with Gasteiger partial charge >= 0.3 is 11.9 Å². The number of hydrogen-bond acceptors (Lipinski definition) is 4. The van der Waals surface area contributed by atoms with Crippen LogP contribution < -0.4 is 0 Å². The smallest absolute Gasteiger partial charge is 0.397 e. The first-order valence-corrected chi connectivity index (χ1v) is 5.91. The zero-order chi connectivity index (χ0) is 13.5. The number of ether oxygens (including phenoxy) is 2. The van der Waals surface area contributed by atoms with Crippen molar-refractivity contribution in [3.05, 3.63) is 0 Å². The fourth-order valence-corrected chi connectivity index (χ4v) is 1.34. The second-order valence-electron chi connectivity index (χ2n) is 4.55. The Morgan fingerprint density at radius 3 is 2.12 bits per heavy atom. The summed E-state index contributed by atoms with van der Waals surface area (Å²) in [4.78, 5) is 24.8. The van der Waals surface area contributed by atoms with E-state index in [1.165, 1.54) is 4.90 Å². The van der Waals surface area contributed by atoms with Crippen molar-refractivity contribution in [2.45, 2.75) is 40.2 Å². The Morgan fingerprint density at radius 1 is 1.12 bits per heavy atom. The maximum absolute atomic E-state index is 11.9. The molecule has 0 saturated heterocycles. The summed E-state index contributed by atoms with van der Waals surface area (Å²) in [6, 6.07) is 0. The molecule has 0 bridgehead atoms. The van der Waals surface area contributed by atoms with Crippen LogP contribution in [0.15, 0.2) is 0 Å². The van der Waals surface area contributed by atoms with Gasteiger partial charge in [0.1, 0.15) is 0 Å². The Bertz CT molecular complexity index is 258. The van der Waals surface area contributed by atoms with Crippen LogP contribution in [0.1, 0.15) is 34.6 Å². The largest absolute Gasteiger partial charge is 0.459 e. The molecule has 0 aliphatic carbocycles. The lowest BCUT2D eigenvalue weighted by molar-refractivity contribution is -0.163. The summed E-state index contributed by atoms with van der Waals surface area (Å²) in [6.07, 6.45) is 0. The quantitative estimate of drug-likeness (QED) is 0.415. The van der Waals surface area contributed by atoms with E-state index in [1.807, 2.05) is 27.7 Å². The third-order valence-electron chi connectivity index (χ3n) is 2.17. The van der Waals surface area contributed by atoms with Crippen molar-refractivity contribution in [3.63, 3.8) is 0 Å². The maximum Gasteiger partial charge on any atom is 0.397 e. The molecule has 0 fully saturated rings. The number of carbonyl (C=O) groups is 2. The lowest BCUT2D eigenvalue weighted by atomic mass is 10.1. The molecule has 0 radical (unpaired) electrons. The third-order valence-corrected chi connectivity index (χ3v) is 2.17. The Kier molecular flexibility index (Phi) is 6.80. The molecule has 0 spiro atoms. The van der Waals surface area contributed by atoms with Crippen LogP contribution in [0.25, 0.3) is 0 Å². The molecular formula is C12H23NO4. The van der Waals surface area contributed by atoms with Crippen LogP contribution in [0.2, 0.25) is 0 Å². The highest BCUT2D eigenvalue weighted by molar-refractivity contribution is 6.32. The number of hydrogen-bond donors (Lipinski definition) is 0. The Hall–Kier alpha value is -1.10. The Morgan fingerprint density at radius 2 is 1.71 bits per heavy atom. The van der Waals surface area contributed by atoms with Crippen LogP contribution in [0.5, 0.6) is 0 Å². The van der Waals surface area contributed by atoms with Gasteiger partial charge in [-0.1, -0.05) is 0 Å². The summed E-state index contributed by atoms with van der Waals surface area (Å²) in [5.74, 6) is -1.42. The molecule has 0 unspecified atom stereocenters. The van der Waals surface area contributed by atoms with Gasteiger partial charge in [0.2, 0.25) is 0 Å². The van der Waals surface area contributed by atoms with E-state index in [0.717, 1.165) is 0 Å². The average molecular weight is 245 g/mol. The standard InChI is InChI=1S/C12H23NO4/c1-6-16-9-8-13(12(3,4)5)10(14)11(15)17-7-2/h6-9H2,1-5H3. The van der Waals surface area contributed by atoms with Crippen molar-refractivity contribution >= 4 is 11.9 Å². The first-order valence-electron chi connectivity index (χ1n) is 5.91. The van der Waals surface area contributed by atoms with E-state index < -0.39 is 17.4 Å². The normalized spacial score (nSPS) is 11.1. The van der Waals surface area contributed by atoms with Gasteiger partial charge in [-0.3, -0.25) is 4.79 Å². The average Bonchev–Trinajstić information content (AvgIpc) is 2.22. The predicted octanol–water partition coefficient (Wildman–Crippen LogP) is 1.21. The highest BCUT2D eigenvalue weighted by atomic mass is 16.5. The second-order valence-corrected chi connectivity index (χ2v) is 4.55. The first-order chi connectivity index (χ1) is 7.84. The lowest BCUT2D eigenvalue weighted by Gasteiger charge is -2.34. The molecule has 0 aliphatic rings. The van der Waals surface area contributed by atoms with Gasteiger partial charge in [-0.15, -0.1) is 0 Å². The summed E-state index contributed by atoms with van der Waals surface area (Å²) in [7, 11) is 0. The highest BCUT2D eigenvalue weighted by Gasteiger charge is 2.31. The molecule has 0 heterocycles. The minimum Gasteiger partial charge on any atom is -0.459 e. The van der Waals surface area contributed by atoms with Crippen LogP contribution in [0.4, 0.5) is 0 Å². The van der Waals surface area contributed by atoms with Crippen molar-refractivity contribution in [3.8, 4) is 0 Å². The number of rotatable bonds is 5. The van der Waals surface area contributed by atoms with Gasteiger partial charge in [0, 0.05) is 18.7 Å². The van der Waals surface area contributed by atoms with Crippen LogP contribution in [-0.2, 0) is 19.1 Å². The van der Waals surface area contributed by atoms with E-state index in [4.69, 9.17) is 9.47 Å². The monoisotopic (exact) mass is 245 g/mol. The molecule has 0 saturated carbocycles. The predicted molar refractivity (Wildman–Crippen MR) is 64.6 cm³/mol. The summed E-state index contributed by atoms with van der Waals surface area (Å²) in [5, 5.41) is 0. The van der Waals surface area contributed by atoms with E-state index in [9.17, 15) is 9.59 Å². The molecule has 1 amide bonds. The van der Waals surface area contributed by atoms with Crippen LogP contribution in [0.3, 0.4) is 0 Å². The van der Waals surface area contributed by atoms with Gasteiger partial charge < -0.3 is 14.4 Å². The first kappa shape index (κ1) is 15.9. The lowest BCUT2D eigenvalue weighted by Crippen LogP contribution is -2.50. The molecule has 5 nitrogen and oxygen atoms in total. The molecule has 17 heavy (non-hydrogen) atoms. The molecular weight excluding hydrogens is 222 g/mol. The number of nitrogens with zero attached hydrogens (tertiary/aromatic N) is 1. The minimum atomic E-state index is -0.807. The zero-order valence-corrected chi connectivity index (χ0v) is 11.4. The summed E-state index contributed by atoms with van der Waals surface area (Å²) < 4.78 is 9.92. The second kappa shape index (κ2) is 7.27. The van der Waals surface area contributed by atoms with Gasteiger partial charge in [0.05, 0.1) is 13.2 Å². The van der Waals surface area contributed by atoms with Crippen molar-refractivity contribution in [1.82, 2.24) is 4.90 Å². The van der Waals surface area contributed by atoms with Crippen LogP contribution in [0, 0.1) is 0 Å². The summed E-state index contributed by atoms with van der Waals surface area (Å²) >= 11 is 0. The van der Waals surface area contributed by atoms with Gasteiger partial charge in [-0.05, 0) is 34.6 Å². The highest BCUT2D eigenvalue weighted by Crippen LogP contribution is 2.13. The molecule has 0 aromatic rings. The van der Waals surface area contributed by atoms with E-state index in [2.05, 4.69) is 0 Å². The van der Waals surface area contributed by atoms with Crippen molar-refractivity contribution in [1.29, 1.82) is 0 Å². The van der Waals surface area contributed by atoms with Gasteiger partial charge in [0.25, 0.3) is 0 Å². The molecule has 0 aliphatic heterocycles. The fraction of sp³-hybridized carbons (Fsp3) is 0.833. The molecule has 100 valence electrons. The summed E-state index contributed by atoms with van der Waals surface area (Å²) in [5.41, 5.74) is -0.430.